The number of nitrogens with zero attached hydrogens (tertiary/aromatic N) is 2. The Bertz CT molecular complexity index is 1090. The maximum Gasteiger partial charge on any atom is 0.471 e. The van der Waals surface area contributed by atoms with E-state index < -0.39 is 28.0 Å². The maximum absolute atomic E-state index is 12.8. The molecule has 3 rings (SSSR count). The summed E-state index contributed by atoms with van der Waals surface area (Å²) in [5.41, 5.74) is 0.666. The summed E-state index contributed by atoms with van der Waals surface area (Å²) >= 11 is 0.992. The molecule has 1 fully saturated rings. The first kappa shape index (κ1) is 24.2. The Labute approximate surface area is 187 Å². The van der Waals surface area contributed by atoms with Gasteiger partial charge in [-0.2, -0.15) is 17.5 Å². The molecule has 0 radical (unpaired) electrons. The van der Waals surface area contributed by atoms with Gasteiger partial charge in [-0.1, -0.05) is 12.1 Å². The number of amides is 2. The highest BCUT2D eigenvalue weighted by Crippen LogP contribution is 2.28. The van der Waals surface area contributed by atoms with Crippen LogP contribution in [0.3, 0.4) is 0 Å². The zero-order chi connectivity index (χ0) is 23.5. The molecule has 7 nitrogen and oxygen atoms in total. The third-order valence-electron chi connectivity index (χ3n) is 4.99. The molecule has 0 spiro atoms. The Morgan fingerprint density at radius 2 is 1.88 bits per heavy atom. The fraction of sp³-hybridized carbons (Fsp3) is 0.400. The minimum absolute atomic E-state index is 0.0322. The van der Waals surface area contributed by atoms with Crippen molar-refractivity contribution in [1.29, 1.82) is 0 Å². The van der Waals surface area contributed by atoms with Crippen LogP contribution in [0.1, 0.15) is 35.0 Å². The summed E-state index contributed by atoms with van der Waals surface area (Å²) < 4.78 is 65.3. The molecule has 2 amide bonds. The third-order valence-corrected chi connectivity index (χ3v) is 7.97. The molecule has 1 N–H and O–H groups in total. The highest BCUT2D eigenvalue weighted by molar-refractivity contribution is 7.89. The SMILES string of the molecule is CCN(Cc1cccc(NC(=O)c2sccc2S(=O)(=O)N2CCCC2)c1)C(=O)C(F)(F)F. The molecule has 1 saturated heterocycles. The number of carbonyl (C=O) groups is 2. The Morgan fingerprint density at radius 3 is 2.50 bits per heavy atom. The van der Waals surface area contributed by atoms with Crippen LogP contribution in [-0.2, 0) is 21.4 Å². The second kappa shape index (κ2) is 9.59. The first-order valence-corrected chi connectivity index (χ1v) is 12.2. The van der Waals surface area contributed by atoms with Crippen molar-refractivity contribution < 1.29 is 31.2 Å². The summed E-state index contributed by atoms with van der Waals surface area (Å²) in [6, 6.07) is 7.45. The molecule has 1 aromatic carbocycles. The van der Waals surface area contributed by atoms with E-state index in [1.54, 1.807) is 0 Å². The summed E-state index contributed by atoms with van der Waals surface area (Å²) in [7, 11) is -3.78. The van der Waals surface area contributed by atoms with Crippen LogP contribution in [0.2, 0.25) is 0 Å². The lowest BCUT2D eigenvalue weighted by Gasteiger charge is -2.22. The summed E-state index contributed by atoms with van der Waals surface area (Å²) in [4.78, 5) is 24.9. The number of thiophene rings is 1. The average molecular weight is 490 g/mol. The molecular formula is C20H22F3N3O4S2. The Balaban J connectivity index is 1.76. The molecule has 0 unspecified atom stereocenters. The van der Waals surface area contributed by atoms with E-state index in [1.165, 1.54) is 46.9 Å². The van der Waals surface area contributed by atoms with Gasteiger partial charge in [-0.25, -0.2) is 8.42 Å². The van der Waals surface area contributed by atoms with Gasteiger partial charge in [-0.05, 0) is 48.9 Å². The number of sulfonamides is 1. The Morgan fingerprint density at radius 1 is 1.19 bits per heavy atom. The van der Waals surface area contributed by atoms with Crippen LogP contribution in [0.5, 0.6) is 0 Å². The van der Waals surface area contributed by atoms with Crippen molar-refractivity contribution in [3.05, 3.63) is 46.2 Å². The molecule has 0 saturated carbocycles. The minimum atomic E-state index is -4.97. The van der Waals surface area contributed by atoms with Crippen molar-refractivity contribution in [2.24, 2.45) is 0 Å². The maximum atomic E-state index is 12.8. The Hall–Kier alpha value is -2.44. The van der Waals surface area contributed by atoms with E-state index >= 15 is 0 Å². The lowest BCUT2D eigenvalue weighted by Crippen LogP contribution is -2.40. The fourth-order valence-corrected chi connectivity index (χ4v) is 6.21. The molecule has 1 aliphatic heterocycles. The molecule has 0 atom stereocenters. The number of halogens is 3. The normalized spacial score (nSPS) is 15.0. The highest BCUT2D eigenvalue weighted by Gasteiger charge is 2.42. The number of benzene rings is 1. The topological polar surface area (TPSA) is 86.8 Å². The molecule has 0 aliphatic carbocycles. The van der Waals surface area contributed by atoms with Gasteiger partial charge in [0.2, 0.25) is 10.0 Å². The van der Waals surface area contributed by atoms with Crippen LogP contribution in [0.15, 0.2) is 40.6 Å². The number of hydrogen-bond acceptors (Lipinski definition) is 5. The average Bonchev–Trinajstić information content (AvgIpc) is 3.43. The van der Waals surface area contributed by atoms with Gasteiger partial charge in [0.1, 0.15) is 9.77 Å². The second-order valence-corrected chi connectivity index (χ2v) is 10.0. The quantitative estimate of drug-likeness (QED) is 0.643. The Kier molecular flexibility index (Phi) is 7.25. The number of anilines is 1. The highest BCUT2D eigenvalue weighted by atomic mass is 32.2. The summed E-state index contributed by atoms with van der Waals surface area (Å²) in [5.74, 6) is -2.57. The molecule has 12 heteroatoms. The van der Waals surface area contributed by atoms with Gasteiger partial charge in [0.25, 0.3) is 5.91 Å². The van der Waals surface area contributed by atoms with Gasteiger partial charge in [0.05, 0.1) is 0 Å². The van der Waals surface area contributed by atoms with Crippen LogP contribution in [0, 0.1) is 0 Å². The van der Waals surface area contributed by atoms with Gasteiger partial charge in [-0.15, -0.1) is 11.3 Å². The van der Waals surface area contributed by atoms with Crippen LogP contribution < -0.4 is 5.32 Å². The third kappa shape index (κ3) is 5.30. The predicted molar refractivity (Wildman–Crippen MR) is 114 cm³/mol. The first-order chi connectivity index (χ1) is 15.0. The largest absolute Gasteiger partial charge is 0.471 e. The monoisotopic (exact) mass is 489 g/mol. The number of nitrogens with one attached hydrogen (secondary N) is 1. The van der Waals surface area contributed by atoms with Crippen LogP contribution in [-0.4, -0.2) is 55.2 Å². The van der Waals surface area contributed by atoms with Gasteiger partial charge in [0.15, 0.2) is 0 Å². The van der Waals surface area contributed by atoms with Gasteiger partial charge in [0, 0.05) is 31.9 Å². The van der Waals surface area contributed by atoms with Crippen molar-refractivity contribution >= 4 is 38.9 Å². The van der Waals surface area contributed by atoms with E-state index in [1.807, 2.05) is 0 Å². The number of carbonyl (C=O) groups excluding carboxylic acids is 2. The van der Waals surface area contributed by atoms with E-state index in [2.05, 4.69) is 5.32 Å². The second-order valence-electron chi connectivity index (χ2n) is 7.20. The first-order valence-electron chi connectivity index (χ1n) is 9.88. The zero-order valence-electron chi connectivity index (χ0n) is 17.2. The lowest BCUT2D eigenvalue weighted by atomic mass is 10.2. The smallest absolute Gasteiger partial charge is 0.331 e. The van der Waals surface area contributed by atoms with Crippen molar-refractivity contribution in [3.63, 3.8) is 0 Å². The van der Waals surface area contributed by atoms with Crippen LogP contribution >= 0.6 is 11.3 Å². The summed E-state index contributed by atoms with van der Waals surface area (Å²) in [6.45, 7) is 1.83. The number of hydrogen-bond donors (Lipinski definition) is 1. The van der Waals surface area contributed by atoms with E-state index in [-0.39, 0.29) is 28.5 Å². The molecule has 2 heterocycles. The van der Waals surface area contributed by atoms with Crippen LogP contribution in [0.4, 0.5) is 18.9 Å². The zero-order valence-corrected chi connectivity index (χ0v) is 18.8. The van der Waals surface area contributed by atoms with Crippen molar-refractivity contribution in [2.45, 2.75) is 37.4 Å². The van der Waals surface area contributed by atoms with Crippen molar-refractivity contribution in [3.8, 4) is 0 Å². The minimum Gasteiger partial charge on any atom is -0.331 e. The standard InChI is InChI=1S/C20H22F3N3O4S2/c1-2-25(19(28)20(21,22)23)13-14-6-5-7-15(12-14)24-18(27)17-16(8-11-31-17)32(29,30)26-9-3-4-10-26/h5-8,11-12H,2-4,9-10,13H2,1H3,(H,24,27). The number of alkyl halides is 3. The van der Waals surface area contributed by atoms with E-state index in [0.717, 1.165) is 24.2 Å². The van der Waals surface area contributed by atoms with E-state index in [0.29, 0.717) is 23.6 Å². The summed E-state index contributed by atoms with van der Waals surface area (Å²) in [5, 5.41) is 4.13. The molecule has 1 aromatic heterocycles. The van der Waals surface area contributed by atoms with E-state index in [4.69, 9.17) is 0 Å². The van der Waals surface area contributed by atoms with E-state index in [9.17, 15) is 31.2 Å². The molecule has 174 valence electrons. The molecular weight excluding hydrogens is 467 g/mol. The molecule has 0 bridgehead atoms. The predicted octanol–water partition coefficient (Wildman–Crippen LogP) is 3.70. The molecule has 2 aromatic rings. The molecule has 32 heavy (non-hydrogen) atoms. The van der Waals surface area contributed by atoms with Gasteiger partial charge >= 0.3 is 12.1 Å². The molecule has 1 aliphatic rings. The van der Waals surface area contributed by atoms with Crippen LogP contribution in [0.25, 0.3) is 0 Å². The van der Waals surface area contributed by atoms with Gasteiger partial charge in [-0.3, -0.25) is 9.59 Å². The van der Waals surface area contributed by atoms with Gasteiger partial charge < -0.3 is 10.2 Å². The number of rotatable bonds is 7. The fourth-order valence-electron chi connectivity index (χ4n) is 3.40. The van der Waals surface area contributed by atoms with Crippen molar-refractivity contribution in [1.82, 2.24) is 9.21 Å². The lowest BCUT2D eigenvalue weighted by molar-refractivity contribution is -0.185. The summed E-state index contributed by atoms with van der Waals surface area (Å²) in [6.07, 6.45) is -3.44. The van der Waals surface area contributed by atoms with Crippen molar-refractivity contribution in [2.75, 3.05) is 25.0 Å².